The molecule has 1 atom stereocenters. The van der Waals surface area contributed by atoms with Gasteiger partial charge < -0.3 is 20.1 Å². The van der Waals surface area contributed by atoms with Gasteiger partial charge >= 0.3 is 6.09 Å². The van der Waals surface area contributed by atoms with Crippen LogP contribution in [0.4, 0.5) is 10.6 Å². The van der Waals surface area contributed by atoms with Gasteiger partial charge in [0.1, 0.15) is 28.3 Å². The van der Waals surface area contributed by atoms with Crippen molar-refractivity contribution in [3.05, 3.63) is 65.0 Å². The van der Waals surface area contributed by atoms with Crippen LogP contribution in [0.5, 0.6) is 11.5 Å². The van der Waals surface area contributed by atoms with Crippen molar-refractivity contribution in [2.45, 2.75) is 45.3 Å². The van der Waals surface area contributed by atoms with Crippen LogP contribution in [0.2, 0.25) is 0 Å². The maximum absolute atomic E-state index is 12.9. The molecule has 10 nitrogen and oxygen atoms in total. The van der Waals surface area contributed by atoms with Gasteiger partial charge in [-0.05, 0) is 70.0 Å². The smallest absolute Gasteiger partial charge is 0.410 e. The largest absolute Gasteiger partial charge is 0.457 e. The van der Waals surface area contributed by atoms with Gasteiger partial charge in [0, 0.05) is 18.7 Å². The normalized spacial score (nSPS) is 16.1. The summed E-state index contributed by atoms with van der Waals surface area (Å²) in [6.45, 7) is 6.47. The van der Waals surface area contributed by atoms with E-state index in [-0.39, 0.29) is 23.5 Å². The summed E-state index contributed by atoms with van der Waals surface area (Å²) >= 11 is 0. The molecule has 0 aliphatic carbocycles. The van der Waals surface area contributed by atoms with Crippen molar-refractivity contribution in [3.63, 3.8) is 0 Å². The van der Waals surface area contributed by atoms with Crippen LogP contribution in [0, 0.1) is 0 Å². The monoisotopic (exact) mass is 502 g/mol. The summed E-state index contributed by atoms with van der Waals surface area (Å²) in [5, 5.41) is 11.8. The molecule has 37 heavy (non-hydrogen) atoms. The molecule has 5 rings (SSSR count). The highest BCUT2D eigenvalue weighted by Gasteiger charge is 2.31. The fraction of sp³-hybridized carbons (Fsp3) is 0.333. The third-order valence-corrected chi connectivity index (χ3v) is 6.16. The number of carbonyl (C=O) groups excluding carboxylic acids is 1. The Morgan fingerprint density at radius 1 is 1.08 bits per heavy atom. The fourth-order valence-corrected chi connectivity index (χ4v) is 4.53. The zero-order valence-electron chi connectivity index (χ0n) is 21.1. The van der Waals surface area contributed by atoms with Crippen molar-refractivity contribution in [1.82, 2.24) is 24.9 Å². The first-order chi connectivity index (χ1) is 17.7. The number of nitrogen functional groups attached to an aromatic ring is 1. The number of benzene rings is 2. The summed E-state index contributed by atoms with van der Waals surface area (Å²) in [4.78, 5) is 27.3. The summed E-state index contributed by atoms with van der Waals surface area (Å²) in [7, 11) is 0. The number of hydrogen-bond acceptors (Lipinski definition) is 7. The molecule has 3 heterocycles. The highest BCUT2D eigenvalue weighted by Crippen LogP contribution is 2.34. The zero-order chi connectivity index (χ0) is 26.2. The van der Waals surface area contributed by atoms with E-state index in [4.69, 9.17) is 20.3 Å². The second-order valence-corrected chi connectivity index (χ2v) is 10.1. The number of nitrogens with one attached hydrogen (secondary N) is 1. The number of aromatic amines is 1. The Morgan fingerprint density at radius 2 is 1.78 bits per heavy atom. The Morgan fingerprint density at radius 3 is 2.49 bits per heavy atom. The van der Waals surface area contributed by atoms with Crippen molar-refractivity contribution < 1.29 is 14.3 Å². The van der Waals surface area contributed by atoms with Crippen LogP contribution >= 0.6 is 0 Å². The van der Waals surface area contributed by atoms with E-state index in [0.717, 1.165) is 24.2 Å². The Labute approximate surface area is 214 Å². The van der Waals surface area contributed by atoms with E-state index in [2.05, 4.69) is 10.2 Å². The minimum absolute atomic E-state index is 0.181. The molecule has 1 aliphatic heterocycles. The lowest BCUT2D eigenvalue weighted by Crippen LogP contribution is -2.43. The topological polar surface area (TPSA) is 128 Å². The van der Waals surface area contributed by atoms with Crippen LogP contribution in [0.25, 0.3) is 22.2 Å². The molecule has 1 amide bonds. The summed E-state index contributed by atoms with van der Waals surface area (Å²) in [5.74, 6) is 1.58. The summed E-state index contributed by atoms with van der Waals surface area (Å²) in [6, 6.07) is 16.7. The number of piperidine rings is 1. The summed E-state index contributed by atoms with van der Waals surface area (Å²) < 4.78 is 13.2. The van der Waals surface area contributed by atoms with Crippen LogP contribution in [-0.2, 0) is 4.74 Å². The number of para-hydroxylation sites is 1. The van der Waals surface area contributed by atoms with Gasteiger partial charge in [0.25, 0.3) is 5.56 Å². The number of hydrogen-bond donors (Lipinski definition) is 2. The number of fused-ring (bicyclic) bond motifs is 1. The maximum atomic E-state index is 12.9. The van der Waals surface area contributed by atoms with Crippen LogP contribution in [0.1, 0.15) is 39.7 Å². The Hall–Kier alpha value is -4.34. The SMILES string of the molecule is CC(C)(C)OC(=O)N1CCC[C@@H](n2nc(-c3ccc(Oc4ccccc4)cc3)c3c(N)n[nH]c(=O)c32)C1. The second-order valence-electron chi connectivity index (χ2n) is 10.1. The van der Waals surface area contributed by atoms with Crippen molar-refractivity contribution in [1.29, 1.82) is 0 Å². The number of H-pyrrole nitrogens is 1. The van der Waals surface area contributed by atoms with Crippen molar-refractivity contribution in [2.24, 2.45) is 0 Å². The molecule has 192 valence electrons. The highest BCUT2D eigenvalue weighted by molar-refractivity contribution is 5.99. The number of rotatable bonds is 4. The third-order valence-electron chi connectivity index (χ3n) is 6.16. The van der Waals surface area contributed by atoms with Crippen LogP contribution in [0.15, 0.2) is 59.4 Å². The van der Waals surface area contributed by atoms with Crippen molar-refractivity contribution in [2.75, 3.05) is 18.8 Å². The third kappa shape index (κ3) is 5.13. The van der Waals surface area contributed by atoms with Gasteiger partial charge in [0.05, 0.1) is 11.4 Å². The Kier molecular flexibility index (Phi) is 6.32. The van der Waals surface area contributed by atoms with E-state index in [1.54, 1.807) is 9.58 Å². The summed E-state index contributed by atoms with van der Waals surface area (Å²) in [6.07, 6.45) is 1.13. The molecule has 2 aromatic carbocycles. The van der Waals surface area contributed by atoms with Gasteiger partial charge in [0.2, 0.25) is 0 Å². The molecule has 0 unspecified atom stereocenters. The van der Waals surface area contributed by atoms with Gasteiger partial charge in [-0.3, -0.25) is 9.48 Å². The average Bonchev–Trinajstić information content (AvgIpc) is 3.29. The van der Waals surface area contributed by atoms with E-state index < -0.39 is 5.60 Å². The molecular formula is C27H30N6O4. The highest BCUT2D eigenvalue weighted by atomic mass is 16.6. The lowest BCUT2D eigenvalue weighted by atomic mass is 10.1. The van der Waals surface area contributed by atoms with E-state index in [1.807, 2.05) is 75.4 Å². The summed E-state index contributed by atoms with van der Waals surface area (Å²) in [5.41, 5.74) is 6.91. The van der Waals surface area contributed by atoms with E-state index >= 15 is 0 Å². The van der Waals surface area contributed by atoms with E-state index in [0.29, 0.717) is 35.4 Å². The molecule has 0 spiro atoms. The molecule has 0 radical (unpaired) electrons. The number of anilines is 1. The molecule has 2 aromatic heterocycles. The standard InChI is InChI=1S/C27H30N6O4/c1-27(2,3)37-26(35)32-15-7-8-18(16-32)33-23-21(24(28)29-30-25(23)34)22(31-33)17-11-13-20(14-12-17)36-19-9-5-4-6-10-19/h4-6,9-14,18H,7-8,15-16H2,1-3H3,(H2,28,29)(H,30,34)/t18-/m1/s1. The first-order valence-electron chi connectivity index (χ1n) is 12.3. The van der Waals surface area contributed by atoms with Gasteiger partial charge in [0.15, 0.2) is 5.82 Å². The van der Waals surface area contributed by atoms with Crippen molar-refractivity contribution >= 4 is 22.8 Å². The van der Waals surface area contributed by atoms with E-state index in [9.17, 15) is 9.59 Å². The molecule has 4 aromatic rings. The van der Waals surface area contributed by atoms with Crippen LogP contribution in [0.3, 0.4) is 0 Å². The number of nitrogens with two attached hydrogens (primary N) is 1. The first kappa shape index (κ1) is 24.4. The predicted molar refractivity (Wildman–Crippen MR) is 141 cm³/mol. The van der Waals surface area contributed by atoms with Crippen LogP contribution in [-0.4, -0.2) is 49.7 Å². The second kappa shape index (κ2) is 9.61. The minimum Gasteiger partial charge on any atom is -0.457 e. The zero-order valence-corrected chi connectivity index (χ0v) is 21.1. The number of amides is 1. The first-order valence-corrected chi connectivity index (χ1v) is 12.3. The number of ether oxygens (including phenoxy) is 2. The molecule has 3 N–H and O–H groups in total. The van der Waals surface area contributed by atoms with E-state index in [1.165, 1.54) is 0 Å². The maximum Gasteiger partial charge on any atom is 0.410 e. The number of aromatic nitrogens is 4. The Bertz CT molecular complexity index is 1470. The number of carbonyl (C=O) groups is 1. The quantitative estimate of drug-likeness (QED) is 0.413. The lowest BCUT2D eigenvalue weighted by Gasteiger charge is -2.34. The van der Waals surface area contributed by atoms with Gasteiger partial charge in [-0.15, -0.1) is 0 Å². The fourth-order valence-electron chi connectivity index (χ4n) is 4.53. The molecule has 10 heteroatoms. The van der Waals surface area contributed by atoms with Gasteiger partial charge in [-0.25, -0.2) is 9.89 Å². The molecule has 1 saturated heterocycles. The average molecular weight is 503 g/mol. The number of nitrogens with zero attached hydrogens (tertiary/aromatic N) is 4. The predicted octanol–water partition coefficient (Wildman–Crippen LogP) is 4.73. The van der Waals surface area contributed by atoms with Gasteiger partial charge in [-0.2, -0.15) is 10.2 Å². The molecule has 0 bridgehead atoms. The lowest BCUT2D eigenvalue weighted by molar-refractivity contribution is 0.0169. The minimum atomic E-state index is -0.594. The molecule has 1 fully saturated rings. The van der Waals surface area contributed by atoms with Gasteiger partial charge in [-0.1, -0.05) is 18.2 Å². The number of likely N-dealkylation sites (tertiary alicyclic amines) is 1. The molecule has 1 aliphatic rings. The molecular weight excluding hydrogens is 472 g/mol. The Balaban J connectivity index is 1.49. The van der Waals surface area contributed by atoms with Crippen molar-refractivity contribution in [3.8, 4) is 22.8 Å². The molecule has 0 saturated carbocycles. The van der Waals surface area contributed by atoms with Crippen LogP contribution < -0.4 is 16.0 Å².